The van der Waals surface area contributed by atoms with E-state index in [-0.39, 0.29) is 5.91 Å². The summed E-state index contributed by atoms with van der Waals surface area (Å²) in [5.74, 6) is -1.24. The van der Waals surface area contributed by atoms with Crippen molar-refractivity contribution >= 4 is 28.3 Å². The number of rotatable bonds is 2. The highest BCUT2D eigenvalue weighted by Gasteiger charge is 2.45. The van der Waals surface area contributed by atoms with Crippen molar-refractivity contribution < 1.29 is 14.7 Å². The van der Waals surface area contributed by atoms with Gasteiger partial charge in [0.15, 0.2) is 5.13 Å². The number of carbonyl (C=O) groups excluding carboxylic acids is 1. The molecule has 1 aromatic heterocycles. The maximum Gasteiger partial charge on any atom is 0.326 e. The zero-order chi connectivity index (χ0) is 15.1. The van der Waals surface area contributed by atoms with Crippen molar-refractivity contribution in [3.63, 3.8) is 0 Å². The molecule has 1 fully saturated rings. The highest BCUT2D eigenvalue weighted by Crippen LogP contribution is 2.37. The molecule has 0 aromatic carbocycles. The molecule has 1 unspecified atom stereocenters. The third-order valence-electron chi connectivity index (χ3n) is 3.77. The Morgan fingerprint density at radius 3 is 2.65 bits per heavy atom. The van der Waals surface area contributed by atoms with Crippen molar-refractivity contribution in [2.75, 3.05) is 12.3 Å². The van der Waals surface area contributed by atoms with Crippen LogP contribution in [-0.2, 0) is 4.79 Å². The number of hydrogen-bond donors (Lipinski definition) is 2. The quantitative estimate of drug-likeness (QED) is 0.867. The fourth-order valence-electron chi connectivity index (χ4n) is 2.83. The van der Waals surface area contributed by atoms with Crippen LogP contribution in [0.4, 0.5) is 5.13 Å². The summed E-state index contributed by atoms with van der Waals surface area (Å²) in [7, 11) is 0. The Morgan fingerprint density at radius 1 is 1.50 bits per heavy atom. The maximum atomic E-state index is 12.6. The Kier molecular flexibility index (Phi) is 3.73. The molecule has 7 heteroatoms. The average Bonchev–Trinajstić information content (AvgIpc) is 2.65. The van der Waals surface area contributed by atoms with Crippen molar-refractivity contribution in [3.05, 3.63) is 10.6 Å². The molecule has 0 saturated carbocycles. The minimum Gasteiger partial charge on any atom is -0.480 e. The number of carboxylic acid groups (broad SMARTS) is 1. The van der Waals surface area contributed by atoms with Crippen LogP contribution >= 0.6 is 11.3 Å². The first-order valence-corrected chi connectivity index (χ1v) is 7.32. The molecule has 1 atom stereocenters. The number of aromatic nitrogens is 1. The summed E-state index contributed by atoms with van der Waals surface area (Å²) in [4.78, 5) is 30.1. The molecule has 0 aliphatic carbocycles. The SMILES string of the molecule is Cc1nc(N)sc1C(=O)N1CCCC(C)(C)C1C(=O)O. The van der Waals surface area contributed by atoms with Crippen LogP contribution in [0, 0.1) is 12.3 Å². The number of aryl methyl sites for hydroxylation is 1. The predicted octanol–water partition coefficient (Wildman–Crippen LogP) is 1.75. The minimum absolute atomic E-state index is 0.281. The number of carbonyl (C=O) groups is 2. The maximum absolute atomic E-state index is 12.6. The molecule has 2 heterocycles. The van der Waals surface area contributed by atoms with Crippen LogP contribution in [0.5, 0.6) is 0 Å². The van der Waals surface area contributed by atoms with E-state index >= 15 is 0 Å². The normalized spacial score (nSPS) is 21.8. The molecule has 0 spiro atoms. The molecular weight excluding hydrogens is 278 g/mol. The first-order valence-electron chi connectivity index (χ1n) is 6.50. The number of piperidine rings is 1. The Labute approximate surface area is 121 Å². The van der Waals surface area contributed by atoms with Gasteiger partial charge in [-0.3, -0.25) is 4.79 Å². The second kappa shape index (κ2) is 5.05. The van der Waals surface area contributed by atoms with Crippen LogP contribution in [-0.4, -0.2) is 39.5 Å². The summed E-state index contributed by atoms with van der Waals surface area (Å²) in [6, 6.07) is -0.813. The molecule has 1 aliphatic heterocycles. The molecular formula is C13H19N3O3S. The molecule has 6 nitrogen and oxygen atoms in total. The zero-order valence-corrected chi connectivity index (χ0v) is 12.7. The van der Waals surface area contributed by atoms with Crippen molar-refractivity contribution in [2.24, 2.45) is 5.41 Å². The van der Waals surface area contributed by atoms with Gasteiger partial charge in [-0.05, 0) is 25.2 Å². The minimum atomic E-state index is -0.960. The number of carboxylic acids is 1. The average molecular weight is 297 g/mol. The fourth-order valence-corrected chi connectivity index (χ4v) is 3.61. The number of anilines is 1. The summed E-state index contributed by atoms with van der Waals surface area (Å²) < 4.78 is 0. The highest BCUT2D eigenvalue weighted by molar-refractivity contribution is 7.17. The number of hydrogen-bond acceptors (Lipinski definition) is 5. The molecule has 1 amide bonds. The smallest absolute Gasteiger partial charge is 0.326 e. The van der Waals surface area contributed by atoms with Crippen LogP contribution in [0.15, 0.2) is 0 Å². The summed E-state index contributed by atoms with van der Waals surface area (Å²) in [6.07, 6.45) is 1.59. The van der Waals surface area contributed by atoms with Gasteiger partial charge < -0.3 is 15.7 Å². The van der Waals surface area contributed by atoms with E-state index in [1.54, 1.807) is 6.92 Å². The number of nitrogens with zero attached hydrogens (tertiary/aromatic N) is 2. The number of nitrogens with two attached hydrogens (primary N) is 1. The molecule has 110 valence electrons. The topological polar surface area (TPSA) is 96.5 Å². The third kappa shape index (κ3) is 2.49. The third-order valence-corrected chi connectivity index (χ3v) is 4.75. The summed E-state index contributed by atoms with van der Waals surface area (Å²) in [6.45, 7) is 5.94. The Morgan fingerprint density at radius 2 is 2.15 bits per heavy atom. The summed E-state index contributed by atoms with van der Waals surface area (Å²) in [5.41, 5.74) is 5.73. The summed E-state index contributed by atoms with van der Waals surface area (Å²) >= 11 is 1.11. The van der Waals surface area contributed by atoms with Crippen LogP contribution in [0.2, 0.25) is 0 Å². The molecule has 3 N–H and O–H groups in total. The monoisotopic (exact) mass is 297 g/mol. The fraction of sp³-hybridized carbons (Fsp3) is 0.615. The lowest BCUT2D eigenvalue weighted by atomic mass is 9.76. The number of thiazole rings is 1. The van der Waals surface area contributed by atoms with Gasteiger partial charge in [-0.25, -0.2) is 9.78 Å². The number of amides is 1. The van der Waals surface area contributed by atoms with Gasteiger partial charge in [0, 0.05) is 6.54 Å². The lowest BCUT2D eigenvalue weighted by Gasteiger charge is -2.43. The number of likely N-dealkylation sites (tertiary alicyclic amines) is 1. The second-order valence-electron chi connectivity index (χ2n) is 5.80. The van der Waals surface area contributed by atoms with Gasteiger partial charge >= 0.3 is 5.97 Å². The molecule has 0 bridgehead atoms. The number of aliphatic carboxylic acids is 1. The van der Waals surface area contributed by atoms with Gasteiger partial charge in [0.1, 0.15) is 10.9 Å². The van der Waals surface area contributed by atoms with E-state index in [0.29, 0.717) is 22.2 Å². The predicted molar refractivity (Wildman–Crippen MR) is 76.7 cm³/mol. The standard InChI is InChI=1S/C13H19N3O3S/c1-7-8(20-12(14)15-7)10(17)16-6-4-5-13(2,3)9(16)11(18)19/h9H,4-6H2,1-3H3,(H2,14,15)(H,18,19). The summed E-state index contributed by atoms with van der Waals surface area (Å²) in [5, 5.41) is 9.81. The van der Waals surface area contributed by atoms with E-state index < -0.39 is 17.4 Å². The van der Waals surface area contributed by atoms with Crippen LogP contribution in [0.3, 0.4) is 0 Å². The van der Waals surface area contributed by atoms with Crippen LogP contribution in [0.25, 0.3) is 0 Å². The van der Waals surface area contributed by atoms with E-state index in [1.165, 1.54) is 4.90 Å². The lowest BCUT2D eigenvalue weighted by Crippen LogP contribution is -2.56. The first kappa shape index (κ1) is 14.8. The van der Waals surface area contributed by atoms with Crippen LogP contribution in [0.1, 0.15) is 42.1 Å². The van der Waals surface area contributed by atoms with Gasteiger partial charge in [-0.15, -0.1) is 0 Å². The second-order valence-corrected chi connectivity index (χ2v) is 6.83. The molecule has 2 rings (SSSR count). The Hall–Kier alpha value is -1.63. The Bertz CT molecular complexity index is 553. The van der Waals surface area contributed by atoms with Crippen molar-refractivity contribution in [2.45, 2.75) is 39.7 Å². The van der Waals surface area contributed by atoms with Crippen molar-refractivity contribution in [1.82, 2.24) is 9.88 Å². The zero-order valence-electron chi connectivity index (χ0n) is 11.8. The molecule has 1 saturated heterocycles. The van der Waals surface area contributed by atoms with E-state index in [1.807, 2.05) is 13.8 Å². The largest absolute Gasteiger partial charge is 0.480 e. The van der Waals surface area contributed by atoms with Gasteiger partial charge in [-0.1, -0.05) is 25.2 Å². The van der Waals surface area contributed by atoms with Crippen LogP contribution < -0.4 is 5.73 Å². The van der Waals surface area contributed by atoms with Gasteiger partial charge in [0.05, 0.1) is 5.69 Å². The van der Waals surface area contributed by atoms with Crippen molar-refractivity contribution in [3.8, 4) is 0 Å². The van der Waals surface area contributed by atoms with Gasteiger partial charge in [-0.2, -0.15) is 0 Å². The molecule has 0 radical (unpaired) electrons. The molecule has 1 aromatic rings. The molecule has 1 aliphatic rings. The Balaban J connectivity index is 2.36. The van der Waals surface area contributed by atoms with Crippen molar-refractivity contribution in [1.29, 1.82) is 0 Å². The van der Waals surface area contributed by atoms with E-state index in [4.69, 9.17) is 5.73 Å². The van der Waals surface area contributed by atoms with Gasteiger partial charge in [0.25, 0.3) is 5.91 Å². The van der Waals surface area contributed by atoms with Gasteiger partial charge in [0.2, 0.25) is 0 Å². The lowest BCUT2D eigenvalue weighted by molar-refractivity contribution is -0.148. The van der Waals surface area contributed by atoms with E-state index in [2.05, 4.69) is 4.98 Å². The molecule has 20 heavy (non-hydrogen) atoms. The van der Waals surface area contributed by atoms with E-state index in [9.17, 15) is 14.7 Å². The number of nitrogen functional groups attached to an aromatic ring is 1. The van der Waals surface area contributed by atoms with E-state index in [0.717, 1.165) is 24.2 Å². The first-order chi connectivity index (χ1) is 9.24. The highest BCUT2D eigenvalue weighted by atomic mass is 32.1.